The molecule has 4 heteroatoms. The van der Waals surface area contributed by atoms with Gasteiger partial charge in [0.05, 0.1) is 6.10 Å². The molecule has 0 aliphatic carbocycles. The number of ether oxygens (including phenoxy) is 1. The van der Waals surface area contributed by atoms with Crippen LogP contribution in [0.1, 0.15) is 18.9 Å². The number of nitrogens with one attached hydrogen (secondary N) is 1. The van der Waals surface area contributed by atoms with Gasteiger partial charge in [-0.05, 0) is 39.1 Å². The summed E-state index contributed by atoms with van der Waals surface area (Å²) in [6.07, 6.45) is 3.21. The van der Waals surface area contributed by atoms with Gasteiger partial charge in [0.25, 0.3) is 0 Å². The fourth-order valence-corrected chi connectivity index (χ4v) is 1.92. The molecule has 1 aromatic rings. The van der Waals surface area contributed by atoms with Crippen molar-refractivity contribution in [3.63, 3.8) is 0 Å². The molecule has 22 heavy (non-hydrogen) atoms. The lowest BCUT2D eigenvalue weighted by molar-refractivity contribution is -0.139. The monoisotopic (exact) mass is 309 g/mol. The van der Waals surface area contributed by atoms with E-state index in [2.05, 4.69) is 18.5 Å². The Bertz CT molecular complexity index is 437. The van der Waals surface area contributed by atoms with Crippen molar-refractivity contribution in [1.82, 2.24) is 5.32 Å². The summed E-state index contributed by atoms with van der Waals surface area (Å²) in [4.78, 5) is 0. The molecule has 0 aliphatic heterocycles. The van der Waals surface area contributed by atoms with Gasteiger partial charge in [-0.15, -0.1) is 13.2 Å². The Morgan fingerprint density at radius 3 is 2.41 bits per heavy atom. The van der Waals surface area contributed by atoms with Crippen molar-refractivity contribution in [2.45, 2.75) is 32.2 Å². The molecule has 0 aromatic heterocycles. The van der Waals surface area contributed by atoms with Crippen molar-refractivity contribution in [2.24, 2.45) is 5.92 Å². The molecule has 3 unspecified atom stereocenters. The lowest BCUT2D eigenvalue weighted by Gasteiger charge is -2.23. The zero-order valence-corrected chi connectivity index (χ0v) is 13.8. The zero-order valence-electron chi connectivity index (χ0n) is 13.8. The third kappa shape index (κ3) is 8.08. The van der Waals surface area contributed by atoms with Crippen molar-refractivity contribution in [3.05, 3.63) is 61.0 Å². The summed E-state index contributed by atoms with van der Waals surface area (Å²) < 4.78 is 18.9. The lowest BCUT2D eigenvalue weighted by Crippen LogP contribution is -2.27. The van der Waals surface area contributed by atoms with Gasteiger partial charge < -0.3 is 15.2 Å². The predicted octanol–water partition coefficient (Wildman–Crippen LogP) is 3.31. The van der Waals surface area contributed by atoms with Gasteiger partial charge in [-0.25, -0.2) is 4.39 Å². The summed E-state index contributed by atoms with van der Waals surface area (Å²) in [6, 6.07) is 6.36. The Morgan fingerprint density at radius 1 is 1.32 bits per heavy atom. The van der Waals surface area contributed by atoms with Crippen LogP contribution in [0.25, 0.3) is 0 Å². The Hall–Kier alpha value is -1.49. The van der Waals surface area contributed by atoms with Crippen LogP contribution in [0, 0.1) is 11.7 Å². The fraction of sp³-hybridized carbons (Fsp3) is 0.444. The highest BCUT2D eigenvalue weighted by atomic mass is 19.1. The first-order chi connectivity index (χ1) is 10.5. The molecule has 124 valence electrons. The van der Waals surface area contributed by atoms with Gasteiger partial charge in [0, 0.05) is 12.3 Å². The number of benzene rings is 1. The van der Waals surface area contributed by atoms with Crippen LogP contribution in [0.5, 0.6) is 0 Å². The first kappa shape index (κ1) is 20.5. The van der Waals surface area contributed by atoms with E-state index >= 15 is 0 Å². The summed E-state index contributed by atoms with van der Waals surface area (Å²) in [5.41, 5.74) is 0.445. The molecule has 0 aliphatic rings. The maximum absolute atomic E-state index is 13.4. The minimum Gasteiger partial charge on any atom is -0.368 e. The van der Waals surface area contributed by atoms with Crippen molar-refractivity contribution >= 4 is 0 Å². The fourth-order valence-electron chi connectivity index (χ4n) is 1.92. The minimum atomic E-state index is -1.03. The van der Waals surface area contributed by atoms with Crippen LogP contribution in [0.2, 0.25) is 0 Å². The van der Waals surface area contributed by atoms with Crippen LogP contribution in [-0.2, 0) is 11.2 Å². The van der Waals surface area contributed by atoms with Gasteiger partial charge in [-0.1, -0.05) is 30.4 Å². The SMILES string of the molecule is C=CCC(C=C)C(C)OC(O)Cc1ccccc1F.CNC. The van der Waals surface area contributed by atoms with E-state index in [4.69, 9.17) is 4.74 Å². The number of hydrogen-bond donors (Lipinski definition) is 2. The Kier molecular flexibility index (Phi) is 11.3. The molecule has 0 amide bonds. The van der Waals surface area contributed by atoms with Crippen LogP contribution in [-0.4, -0.2) is 31.6 Å². The van der Waals surface area contributed by atoms with E-state index in [0.29, 0.717) is 5.56 Å². The molecule has 3 nitrogen and oxygen atoms in total. The first-order valence-electron chi connectivity index (χ1n) is 7.38. The van der Waals surface area contributed by atoms with Crippen molar-refractivity contribution in [1.29, 1.82) is 0 Å². The molecular weight excluding hydrogens is 281 g/mol. The van der Waals surface area contributed by atoms with Crippen molar-refractivity contribution in [3.8, 4) is 0 Å². The maximum Gasteiger partial charge on any atom is 0.159 e. The second-order valence-electron chi connectivity index (χ2n) is 5.02. The second-order valence-corrected chi connectivity index (χ2v) is 5.02. The standard InChI is InChI=1S/C16H21FO2.C2H7N/c1-4-8-13(5-2)12(3)19-16(18)11-14-9-6-7-10-15(14)17;1-3-2/h4-7,9-10,12-13,16,18H,1-2,8,11H2,3H3;3H,1-2H3. The van der Waals surface area contributed by atoms with Gasteiger partial charge in [0.15, 0.2) is 6.29 Å². The van der Waals surface area contributed by atoms with Crippen molar-refractivity contribution in [2.75, 3.05) is 14.1 Å². The molecular formula is C18H28FNO2. The van der Waals surface area contributed by atoms with Gasteiger partial charge in [0.1, 0.15) is 5.82 Å². The molecule has 0 fully saturated rings. The number of aliphatic hydroxyl groups excluding tert-OH is 1. The van der Waals surface area contributed by atoms with E-state index in [-0.39, 0.29) is 24.3 Å². The van der Waals surface area contributed by atoms with Crippen LogP contribution in [0.15, 0.2) is 49.6 Å². The van der Waals surface area contributed by atoms with Crippen LogP contribution in [0.3, 0.4) is 0 Å². The van der Waals surface area contributed by atoms with E-state index in [1.165, 1.54) is 6.07 Å². The van der Waals surface area contributed by atoms with Crippen molar-refractivity contribution < 1.29 is 14.2 Å². The number of hydrogen-bond acceptors (Lipinski definition) is 3. The Labute approximate surface area is 133 Å². The molecule has 3 atom stereocenters. The van der Waals surface area contributed by atoms with E-state index in [0.717, 1.165) is 6.42 Å². The van der Waals surface area contributed by atoms with Crippen LogP contribution in [0.4, 0.5) is 4.39 Å². The third-order valence-corrected chi connectivity index (χ3v) is 3.07. The van der Waals surface area contributed by atoms with Gasteiger partial charge in [0.2, 0.25) is 0 Å². The molecule has 0 spiro atoms. The summed E-state index contributed by atoms with van der Waals surface area (Å²) in [5, 5.41) is 12.6. The van der Waals surface area contributed by atoms with Crippen LogP contribution >= 0.6 is 0 Å². The van der Waals surface area contributed by atoms with E-state index < -0.39 is 6.29 Å². The van der Waals surface area contributed by atoms with E-state index in [1.54, 1.807) is 30.4 Å². The van der Waals surface area contributed by atoms with Gasteiger partial charge in [-0.2, -0.15) is 0 Å². The maximum atomic E-state index is 13.4. The molecule has 0 saturated carbocycles. The van der Waals surface area contributed by atoms with Crippen LogP contribution < -0.4 is 5.32 Å². The highest BCUT2D eigenvalue weighted by Crippen LogP contribution is 2.17. The van der Waals surface area contributed by atoms with Gasteiger partial charge in [-0.3, -0.25) is 0 Å². The number of rotatable bonds is 8. The average molecular weight is 309 g/mol. The highest BCUT2D eigenvalue weighted by Gasteiger charge is 2.18. The van der Waals surface area contributed by atoms with E-state index in [9.17, 15) is 9.50 Å². The lowest BCUT2D eigenvalue weighted by atomic mass is 10.00. The molecule has 0 radical (unpaired) electrons. The predicted molar refractivity (Wildman–Crippen MR) is 90.1 cm³/mol. The normalized spacial score (nSPS) is 14.2. The number of allylic oxidation sites excluding steroid dienone is 1. The molecule has 0 bridgehead atoms. The second kappa shape index (κ2) is 12.1. The molecule has 0 heterocycles. The summed E-state index contributed by atoms with van der Waals surface area (Å²) >= 11 is 0. The minimum absolute atomic E-state index is 0.0905. The third-order valence-electron chi connectivity index (χ3n) is 3.07. The van der Waals surface area contributed by atoms with Gasteiger partial charge >= 0.3 is 0 Å². The highest BCUT2D eigenvalue weighted by molar-refractivity contribution is 5.17. The summed E-state index contributed by atoms with van der Waals surface area (Å²) in [6.45, 7) is 9.27. The molecule has 2 N–H and O–H groups in total. The summed E-state index contributed by atoms with van der Waals surface area (Å²) in [5.74, 6) is -0.239. The largest absolute Gasteiger partial charge is 0.368 e. The number of aliphatic hydroxyl groups is 1. The molecule has 1 rings (SSSR count). The number of halogens is 1. The van der Waals surface area contributed by atoms with E-state index in [1.807, 2.05) is 21.0 Å². The summed E-state index contributed by atoms with van der Waals surface area (Å²) in [7, 11) is 3.75. The molecule has 0 saturated heterocycles. The molecule has 1 aromatic carbocycles. The Morgan fingerprint density at radius 2 is 1.91 bits per heavy atom. The first-order valence-corrected chi connectivity index (χ1v) is 7.38. The topological polar surface area (TPSA) is 41.5 Å². The Balaban J connectivity index is 0.00000135. The average Bonchev–Trinajstić information content (AvgIpc) is 2.47. The smallest absolute Gasteiger partial charge is 0.159 e. The quantitative estimate of drug-likeness (QED) is 0.572. The zero-order chi connectivity index (χ0) is 17.0.